The fourth-order valence-electron chi connectivity index (χ4n) is 1.74. The Balaban J connectivity index is 1.79. The molecule has 12 heteroatoms. The summed E-state index contributed by atoms with van der Waals surface area (Å²) in [6.07, 6.45) is -2.36. The molecule has 0 aliphatic heterocycles. The number of rotatable bonds is 7. The molecular weight excluding hydrogens is 347 g/mol. The largest absolute Gasteiger partial charge is 0.476 e. The number of amides is 1. The number of carbonyl (C=O) groups is 2. The summed E-state index contributed by atoms with van der Waals surface area (Å²) < 4.78 is 44.2. The van der Waals surface area contributed by atoms with Crippen LogP contribution in [0.1, 0.15) is 16.1 Å². The van der Waals surface area contributed by atoms with Crippen LogP contribution in [0, 0.1) is 0 Å². The smallest absolute Gasteiger partial charge is 0.421 e. The van der Waals surface area contributed by atoms with Gasteiger partial charge >= 0.3 is 12.1 Å². The van der Waals surface area contributed by atoms with Crippen molar-refractivity contribution in [2.75, 3.05) is 13.2 Å². The molecule has 2 aromatic rings. The molecule has 25 heavy (non-hydrogen) atoms. The second kappa shape index (κ2) is 7.59. The first-order valence-electron chi connectivity index (χ1n) is 6.82. The van der Waals surface area contributed by atoms with Crippen molar-refractivity contribution in [1.82, 2.24) is 25.3 Å². The van der Waals surface area contributed by atoms with Gasteiger partial charge in [-0.2, -0.15) is 13.2 Å². The zero-order valence-corrected chi connectivity index (χ0v) is 12.5. The third kappa shape index (κ3) is 5.16. The molecular formula is C13H12F3N5O4. The van der Waals surface area contributed by atoms with Crippen molar-refractivity contribution in [3.05, 3.63) is 35.8 Å². The number of carbonyl (C=O) groups excluding carboxylic acids is 1. The number of ether oxygens (including phenoxy) is 1. The van der Waals surface area contributed by atoms with Crippen molar-refractivity contribution in [1.29, 1.82) is 0 Å². The van der Waals surface area contributed by atoms with Crippen molar-refractivity contribution in [2.45, 2.75) is 12.7 Å². The molecule has 0 bridgehead atoms. The third-order valence-corrected chi connectivity index (χ3v) is 2.80. The van der Waals surface area contributed by atoms with Gasteiger partial charge in [-0.1, -0.05) is 5.21 Å². The van der Waals surface area contributed by atoms with Crippen LogP contribution in [0.5, 0.6) is 5.88 Å². The maximum Gasteiger partial charge on any atom is 0.421 e. The summed E-state index contributed by atoms with van der Waals surface area (Å²) in [5.74, 6) is -2.40. The second-order valence-electron chi connectivity index (χ2n) is 4.66. The van der Waals surface area contributed by atoms with Crippen molar-refractivity contribution >= 4 is 11.9 Å². The van der Waals surface area contributed by atoms with Crippen molar-refractivity contribution in [3.8, 4) is 5.88 Å². The van der Waals surface area contributed by atoms with E-state index in [1.165, 1.54) is 0 Å². The maximum atomic E-state index is 12.7. The average Bonchev–Trinajstić information content (AvgIpc) is 3.00. The van der Waals surface area contributed by atoms with E-state index in [1.807, 2.05) is 0 Å². The molecule has 2 heterocycles. The van der Waals surface area contributed by atoms with Gasteiger partial charge in [0.2, 0.25) is 11.8 Å². The van der Waals surface area contributed by atoms with Crippen molar-refractivity contribution in [2.24, 2.45) is 0 Å². The number of alkyl halides is 3. The van der Waals surface area contributed by atoms with Gasteiger partial charge in [0.15, 0.2) is 5.69 Å². The summed E-state index contributed by atoms with van der Waals surface area (Å²) in [5, 5.41) is 17.8. The Morgan fingerprint density at radius 2 is 2.12 bits per heavy atom. The molecule has 0 aliphatic rings. The fraction of sp³-hybridized carbons (Fsp3) is 0.308. The van der Waals surface area contributed by atoms with Crippen LogP contribution in [-0.4, -0.2) is 50.1 Å². The molecule has 0 radical (unpaired) electrons. The molecule has 2 aromatic heterocycles. The van der Waals surface area contributed by atoms with E-state index >= 15 is 0 Å². The summed E-state index contributed by atoms with van der Waals surface area (Å²) in [6, 6.07) is 1.98. The molecule has 0 fully saturated rings. The predicted octanol–water partition coefficient (Wildman–Crippen LogP) is 0.585. The number of hydrogen-bond donors (Lipinski definition) is 2. The first kappa shape index (κ1) is 18.2. The van der Waals surface area contributed by atoms with Gasteiger partial charge in [0, 0.05) is 6.20 Å². The Hall–Kier alpha value is -3.18. The van der Waals surface area contributed by atoms with E-state index in [1.54, 1.807) is 0 Å². The topological polar surface area (TPSA) is 119 Å². The molecule has 0 aromatic carbocycles. The standard InChI is InChI=1S/C13H12F3N5O4/c14-13(15,16)8-2-1-3-18-11(8)25-5-4-17-10(22)7-21-6-9(12(23)24)19-20-21/h1-3,6H,4-5,7H2,(H,17,22)(H,23,24). The number of aromatic carboxylic acids is 1. The lowest BCUT2D eigenvalue weighted by Crippen LogP contribution is -2.31. The maximum absolute atomic E-state index is 12.7. The minimum Gasteiger partial charge on any atom is -0.476 e. The zero-order chi connectivity index (χ0) is 18.4. The van der Waals surface area contributed by atoms with Crippen LogP contribution in [0.3, 0.4) is 0 Å². The van der Waals surface area contributed by atoms with Crippen molar-refractivity contribution in [3.63, 3.8) is 0 Å². The van der Waals surface area contributed by atoms with Crippen LogP contribution < -0.4 is 10.1 Å². The molecule has 2 N–H and O–H groups in total. The van der Waals surface area contributed by atoms with E-state index in [9.17, 15) is 22.8 Å². The van der Waals surface area contributed by atoms with E-state index < -0.39 is 29.5 Å². The number of carboxylic acid groups (broad SMARTS) is 1. The van der Waals surface area contributed by atoms with Gasteiger partial charge in [0.25, 0.3) is 0 Å². The van der Waals surface area contributed by atoms with Crippen LogP contribution in [-0.2, 0) is 17.5 Å². The summed E-state index contributed by atoms with van der Waals surface area (Å²) in [5.41, 5.74) is -1.32. The highest BCUT2D eigenvalue weighted by molar-refractivity contribution is 5.84. The number of nitrogens with one attached hydrogen (secondary N) is 1. The van der Waals surface area contributed by atoms with Crippen LogP contribution in [0.2, 0.25) is 0 Å². The summed E-state index contributed by atoms with van der Waals surface area (Å²) in [4.78, 5) is 25.8. The minimum absolute atomic E-state index is 0.0762. The Bertz CT molecular complexity index is 762. The monoisotopic (exact) mass is 359 g/mol. The summed E-state index contributed by atoms with van der Waals surface area (Å²) in [7, 11) is 0. The SMILES string of the molecule is O=C(Cn1cc(C(=O)O)nn1)NCCOc1ncccc1C(F)(F)F. The van der Waals surface area contributed by atoms with Gasteiger partial charge in [-0.3, -0.25) is 4.79 Å². The molecule has 0 unspecified atom stereocenters. The molecule has 0 saturated heterocycles. The molecule has 134 valence electrons. The Morgan fingerprint density at radius 3 is 2.76 bits per heavy atom. The normalized spacial score (nSPS) is 11.2. The number of carboxylic acids is 1. The molecule has 0 atom stereocenters. The number of halogens is 3. The van der Waals surface area contributed by atoms with Gasteiger partial charge in [-0.05, 0) is 12.1 Å². The number of pyridine rings is 1. The highest BCUT2D eigenvalue weighted by Gasteiger charge is 2.34. The number of aromatic nitrogens is 4. The number of hydrogen-bond acceptors (Lipinski definition) is 6. The molecule has 1 amide bonds. The molecule has 9 nitrogen and oxygen atoms in total. The Labute approximate surface area is 138 Å². The van der Waals surface area contributed by atoms with Gasteiger partial charge in [0.05, 0.1) is 12.7 Å². The highest BCUT2D eigenvalue weighted by atomic mass is 19.4. The van der Waals surface area contributed by atoms with E-state index in [-0.39, 0.29) is 25.4 Å². The van der Waals surface area contributed by atoms with E-state index in [4.69, 9.17) is 9.84 Å². The first-order valence-corrected chi connectivity index (χ1v) is 6.82. The van der Waals surface area contributed by atoms with Crippen molar-refractivity contribution < 1.29 is 32.6 Å². The van der Waals surface area contributed by atoms with Gasteiger partial charge in [0.1, 0.15) is 18.7 Å². The highest BCUT2D eigenvalue weighted by Crippen LogP contribution is 2.34. The predicted molar refractivity (Wildman–Crippen MR) is 74.7 cm³/mol. The zero-order valence-electron chi connectivity index (χ0n) is 12.5. The van der Waals surface area contributed by atoms with Crippen LogP contribution in [0.4, 0.5) is 13.2 Å². The molecule has 0 spiro atoms. The van der Waals surface area contributed by atoms with Crippen LogP contribution >= 0.6 is 0 Å². The van der Waals surface area contributed by atoms with Gasteiger partial charge in [-0.15, -0.1) is 5.10 Å². The van der Waals surface area contributed by atoms with Gasteiger partial charge in [-0.25, -0.2) is 14.5 Å². The molecule has 0 saturated carbocycles. The Kier molecular flexibility index (Phi) is 5.52. The first-order chi connectivity index (χ1) is 11.8. The average molecular weight is 359 g/mol. The summed E-state index contributed by atoms with van der Waals surface area (Å²) >= 11 is 0. The lowest BCUT2D eigenvalue weighted by Gasteiger charge is -2.12. The second-order valence-corrected chi connectivity index (χ2v) is 4.66. The lowest BCUT2D eigenvalue weighted by atomic mass is 10.2. The lowest BCUT2D eigenvalue weighted by molar-refractivity contribution is -0.139. The van der Waals surface area contributed by atoms with E-state index in [0.29, 0.717) is 0 Å². The van der Waals surface area contributed by atoms with Crippen LogP contribution in [0.25, 0.3) is 0 Å². The minimum atomic E-state index is -4.60. The third-order valence-electron chi connectivity index (χ3n) is 2.80. The summed E-state index contributed by atoms with van der Waals surface area (Å²) in [6.45, 7) is -0.603. The quantitative estimate of drug-likeness (QED) is 0.694. The number of nitrogens with zero attached hydrogens (tertiary/aromatic N) is 4. The fourth-order valence-corrected chi connectivity index (χ4v) is 1.74. The van der Waals surface area contributed by atoms with Crippen LogP contribution in [0.15, 0.2) is 24.5 Å². The van der Waals surface area contributed by atoms with E-state index in [2.05, 4.69) is 20.6 Å². The van der Waals surface area contributed by atoms with Gasteiger partial charge < -0.3 is 15.2 Å². The van der Waals surface area contributed by atoms with E-state index in [0.717, 1.165) is 29.2 Å². The molecule has 0 aliphatic carbocycles. The molecule has 2 rings (SSSR count). The Morgan fingerprint density at radius 1 is 1.36 bits per heavy atom.